The predicted octanol–water partition coefficient (Wildman–Crippen LogP) is 5.62. The second kappa shape index (κ2) is 7.84. The van der Waals surface area contributed by atoms with E-state index in [1.807, 2.05) is 22.9 Å². The van der Waals surface area contributed by atoms with Crippen molar-refractivity contribution in [2.45, 2.75) is 58.8 Å². The minimum atomic E-state index is 0.275. The summed E-state index contributed by atoms with van der Waals surface area (Å²) >= 11 is 0. The van der Waals surface area contributed by atoms with Gasteiger partial charge in [-0.15, -0.1) is 0 Å². The van der Waals surface area contributed by atoms with E-state index in [1.54, 1.807) is 0 Å². The Morgan fingerprint density at radius 1 is 1.15 bits per heavy atom. The summed E-state index contributed by atoms with van der Waals surface area (Å²) in [7, 11) is 0. The van der Waals surface area contributed by atoms with Gasteiger partial charge in [0.15, 0.2) is 5.78 Å². The molecule has 0 N–H and O–H groups in total. The molecular formula is C24H30N2O. The van der Waals surface area contributed by atoms with E-state index in [0.717, 1.165) is 41.8 Å². The highest BCUT2D eigenvalue weighted by atomic mass is 16.1. The molecule has 3 nitrogen and oxygen atoms in total. The number of aromatic nitrogens is 2. The van der Waals surface area contributed by atoms with E-state index >= 15 is 0 Å². The average Bonchev–Trinajstić information content (AvgIpc) is 3.38. The van der Waals surface area contributed by atoms with Crippen molar-refractivity contribution in [3.05, 3.63) is 53.4 Å². The summed E-state index contributed by atoms with van der Waals surface area (Å²) in [5.74, 6) is 1.85. The molecule has 0 radical (unpaired) electrons. The van der Waals surface area contributed by atoms with Gasteiger partial charge in [-0.25, -0.2) is 4.68 Å². The summed E-state index contributed by atoms with van der Waals surface area (Å²) in [6.07, 6.45) is 12.2. The lowest BCUT2D eigenvalue weighted by molar-refractivity contribution is -0.119. The molecule has 2 aliphatic rings. The molecule has 2 saturated carbocycles. The van der Waals surface area contributed by atoms with E-state index in [9.17, 15) is 4.79 Å². The summed E-state index contributed by atoms with van der Waals surface area (Å²) in [4.78, 5) is 13.0. The molecular weight excluding hydrogens is 332 g/mol. The minimum Gasteiger partial charge on any atom is -0.294 e. The molecule has 2 aliphatic carbocycles. The van der Waals surface area contributed by atoms with Crippen LogP contribution in [0.3, 0.4) is 0 Å². The first-order chi connectivity index (χ1) is 13.1. The Kier molecular flexibility index (Phi) is 5.29. The lowest BCUT2D eigenvalue weighted by Crippen LogP contribution is -2.16. The van der Waals surface area contributed by atoms with Crippen molar-refractivity contribution in [3.63, 3.8) is 0 Å². The van der Waals surface area contributed by atoms with Gasteiger partial charge in [-0.05, 0) is 67.7 Å². The van der Waals surface area contributed by atoms with Gasteiger partial charge >= 0.3 is 0 Å². The van der Waals surface area contributed by atoms with Crippen LogP contribution in [0.4, 0.5) is 0 Å². The molecule has 27 heavy (non-hydrogen) atoms. The minimum absolute atomic E-state index is 0.275. The van der Waals surface area contributed by atoms with Crippen LogP contribution in [0.2, 0.25) is 0 Å². The summed E-state index contributed by atoms with van der Waals surface area (Å²) in [5.41, 5.74) is 4.29. The molecule has 1 atom stereocenters. The van der Waals surface area contributed by atoms with Crippen molar-refractivity contribution in [1.29, 1.82) is 0 Å². The number of hydrogen-bond donors (Lipinski definition) is 0. The van der Waals surface area contributed by atoms with Crippen LogP contribution < -0.4 is 0 Å². The number of nitrogens with zero attached hydrogens (tertiary/aromatic N) is 2. The van der Waals surface area contributed by atoms with E-state index in [0.29, 0.717) is 17.6 Å². The normalized spacial score (nSPS) is 22.4. The van der Waals surface area contributed by atoms with Crippen LogP contribution in [0.5, 0.6) is 0 Å². The average molecular weight is 363 g/mol. The first-order valence-corrected chi connectivity index (χ1v) is 10.5. The molecule has 1 aromatic carbocycles. The smallest absolute Gasteiger partial charge is 0.162 e. The summed E-state index contributed by atoms with van der Waals surface area (Å²) in [6.45, 7) is 4.44. The Morgan fingerprint density at radius 2 is 1.89 bits per heavy atom. The molecule has 1 aromatic heterocycles. The van der Waals surface area contributed by atoms with Gasteiger partial charge in [0.05, 0.1) is 11.4 Å². The summed E-state index contributed by atoms with van der Waals surface area (Å²) in [5, 5.41) is 4.84. The maximum atomic E-state index is 13.0. The maximum absolute atomic E-state index is 13.0. The number of rotatable bonds is 5. The first kappa shape index (κ1) is 18.2. The molecule has 3 heteroatoms. The molecule has 0 aliphatic heterocycles. The van der Waals surface area contributed by atoms with Crippen LogP contribution in [-0.4, -0.2) is 15.6 Å². The number of allylic oxidation sites excluding steroid dienone is 1. The third-order valence-electron chi connectivity index (χ3n) is 6.12. The molecule has 0 spiro atoms. The molecule has 0 saturated heterocycles. The van der Waals surface area contributed by atoms with Gasteiger partial charge in [0.25, 0.3) is 0 Å². The zero-order valence-corrected chi connectivity index (χ0v) is 16.5. The van der Waals surface area contributed by atoms with Crippen LogP contribution in [0, 0.1) is 17.8 Å². The molecule has 1 unspecified atom stereocenters. The van der Waals surface area contributed by atoms with Crippen LogP contribution >= 0.6 is 0 Å². The Bertz CT molecular complexity index is 825. The van der Waals surface area contributed by atoms with Crippen molar-refractivity contribution < 1.29 is 4.79 Å². The Morgan fingerprint density at radius 3 is 2.59 bits per heavy atom. The van der Waals surface area contributed by atoms with Crippen molar-refractivity contribution >= 4 is 11.9 Å². The fourth-order valence-electron chi connectivity index (χ4n) is 4.75. The molecule has 4 rings (SSSR count). The molecule has 2 aromatic rings. The van der Waals surface area contributed by atoms with Gasteiger partial charge in [-0.1, -0.05) is 44.9 Å². The van der Waals surface area contributed by atoms with E-state index in [4.69, 9.17) is 5.10 Å². The van der Waals surface area contributed by atoms with Gasteiger partial charge < -0.3 is 0 Å². The maximum Gasteiger partial charge on any atom is 0.162 e. The van der Waals surface area contributed by atoms with Gasteiger partial charge in [0, 0.05) is 17.7 Å². The molecule has 142 valence electrons. The fourth-order valence-corrected chi connectivity index (χ4v) is 4.75. The largest absolute Gasteiger partial charge is 0.294 e. The highest BCUT2D eigenvalue weighted by Crippen LogP contribution is 2.41. The summed E-state index contributed by atoms with van der Waals surface area (Å²) in [6, 6.07) is 10.2. The Hall–Kier alpha value is -2.16. The van der Waals surface area contributed by atoms with E-state index < -0.39 is 0 Å². The zero-order chi connectivity index (χ0) is 18.8. The monoisotopic (exact) mass is 362 g/mol. The van der Waals surface area contributed by atoms with E-state index in [2.05, 4.69) is 38.3 Å². The highest BCUT2D eigenvalue weighted by Gasteiger charge is 2.36. The van der Waals surface area contributed by atoms with Crippen LogP contribution in [0.15, 0.2) is 42.1 Å². The second-order valence-electron chi connectivity index (χ2n) is 8.63. The molecule has 0 bridgehead atoms. The van der Waals surface area contributed by atoms with Gasteiger partial charge in [0.2, 0.25) is 0 Å². The van der Waals surface area contributed by atoms with E-state index in [-0.39, 0.29) is 5.92 Å². The van der Waals surface area contributed by atoms with E-state index in [1.165, 1.54) is 25.7 Å². The third-order valence-corrected chi connectivity index (χ3v) is 6.12. The second-order valence-corrected chi connectivity index (χ2v) is 8.63. The Labute approximate surface area is 162 Å². The lowest BCUT2D eigenvalue weighted by Gasteiger charge is -2.15. The SMILES string of the molecule is CC(C)Cc1nn(-c2ccccc2)cc1/C=C1\CCC(C2CCCC2)C1=O. The van der Waals surface area contributed by atoms with Crippen molar-refractivity contribution in [2.75, 3.05) is 0 Å². The standard InChI is InChI=1S/C24H30N2O/c1-17(2)14-23-20(16-26(25-23)21-10-4-3-5-11-21)15-19-12-13-22(24(19)27)18-8-6-7-9-18/h3-5,10-11,15-18,22H,6-9,12-14H2,1-2H3/b19-15+. The fraction of sp³-hybridized carbons (Fsp3) is 0.500. The van der Waals surface area contributed by atoms with Crippen molar-refractivity contribution in [1.82, 2.24) is 9.78 Å². The number of hydrogen-bond acceptors (Lipinski definition) is 2. The topological polar surface area (TPSA) is 34.9 Å². The number of carbonyl (C=O) groups is 1. The predicted molar refractivity (Wildman–Crippen MR) is 110 cm³/mol. The number of benzene rings is 1. The summed E-state index contributed by atoms with van der Waals surface area (Å²) < 4.78 is 1.96. The molecule has 2 fully saturated rings. The van der Waals surface area contributed by atoms with Crippen LogP contribution in [0.1, 0.15) is 63.6 Å². The lowest BCUT2D eigenvalue weighted by atomic mass is 9.88. The number of ketones is 1. The quantitative estimate of drug-likeness (QED) is 0.647. The van der Waals surface area contributed by atoms with Gasteiger partial charge in [0.1, 0.15) is 0 Å². The van der Waals surface area contributed by atoms with Crippen LogP contribution in [0.25, 0.3) is 11.8 Å². The van der Waals surface area contributed by atoms with Crippen LogP contribution in [-0.2, 0) is 11.2 Å². The van der Waals surface area contributed by atoms with Crippen molar-refractivity contribution in [2.24, 2.45) is 17.8 Å². The zero-order valence-electron chi connectivity index (χ0n) is 16.5. The molecule has 0 amide bonds. The Balaban J connectivity index is 1.63. The number of carbonyl (C=O) groups excluding carboxylic acids is 1. The highest BCUT2D eigenvalue weighted by molar-refractivity contribution is 6.03. The van der Waals surface area contributed by atoms with Crippen molar-refractivity contribution in [3.8, 4) is 5.69 Å². The number of para-hydroxylation sites is 1. The third kappa shape index (κ3) is 3.92. The first-order valence-electron chi connectivity index (χ1n) is 10.5. The number of Topliss-reactive ketones (excluding diaryl/α,β-unsaturated/α-hetero) is 1. The molecule has 1 heterocycles. The van der Waals surface area contributed by atoms with Gasteiger partial charge in [-0.2, -0.15) is 5.10 Å². The van der Waals surface area contributed by atoms with Gasteiger partial charge in [-0.3, -0.25) is 4.79 Å².